The van der Waals surface area contributed by atoms with E-state index in [0.717, 1.165) is 41.4 Å². The van der Waals surface area contributed by atoms with Crippen LogP contribution in [0, 0.1) is 6.92 Å². The van der Waals surface area contributed by atoms with E-state index in [9.17, 15) is 5.11 Å². The molecule has 1 saturated heterocycles. The van der Waals surface area contributed by atoms with E-state index in [1.807, 2.05) is 49.0 Å². The van der Waals surface area contributed by atoms with Gasteiger partial charge in [0.05, 0.1) is 24.0 Å². The highest BCUT2D eigenvalue weighted by molar-refractivity contribution is 5.70. The van der Waals surface area contributed by atoms with E-state index in [1.54, 1.807) is 13.2 Å². The topological polar surface area (TPSA) is 106 Å². The van der Waals surface area contributed by atoms with Gasteiger partial charge in [0.2, 0.25) is 0 Å². The number of benzene rings is 1. The molecule has 32 heavy (non-hydrogen) atoms. The van der Waals surface area contributed by atoms with Crippen molar-refractivity contribution in [3.8, 4) is 28.5 Å². The van der Waals surface area contributed by atoms with E-state index in [-0.39, 0.29) is 12.6 Å². The number of nitrogens with zero attached hydrogens (tertiary/aromatic N) is 4. The minimum Gasteiger partial charge on any atom is -0.491 e. The molecular weight excluding hydrogens is 408 g/mol. The summed E-state index contributed by atoms with van der Waals surface area (Å²) < 4.78 is 13.1. The van der Waals surface area contributed by atoms with Crippen LogP contribution < -0.4 is 15.4 Å². The fourth-order valence-corrected chi connectivity index (χ4v) is 3.70. The number of aliphatic hydroxyl groups is 1. The molecule has 1 aliphatic heterocycles. The number of ether oxygens (including phenoxy) is 2. The first-order valence-electron chi connectivity index (χ1n) is 10.8. The van der Waals surface area contributed by atoms with Gasteiger partial charge in [-0.05, 0) is 38.6 Å². The van der Waals surface area contributed by atoms with Gasteiger partial charge in [0.1, 0.15) is 24.3 Å². The smallest absolute Gasteiger partial charge is 0.162 e. The first kappa shape index (κ1) is 22.2. The van der Waals surface area contributed by atoms with E-state index < -0.39 is 6.10 Å². The maximum absolute atomic E-state index is 9.93. The molecule has 4 rings (SSSR count). The van der Waals surface area contributed by atoms with Gasteiger partial charge in [-0.2, -0.15) is 5.10 Å². The molecule has 2 aromatic heterocycles. The predicted octanol–water partition coefficient (Wildman–Crippen LogP) is 2.01. The van der Waals surface area contributed by atoms with Crippen LogP contribution in [0.3, 0.4) is 0 Å². The Morgan fingerprint density at radius 1 is 1.31 bits per heavy atom. The lowest BCUT2D eigenvalue weighted by atomic mass is 10.1. The zero-order chi connectivity index (χ0) is 22.5. The van der Waals surface area contributed by atoms with E-state index in [1.165, 1.54) is 0 Å². The number of likely N-dealkylation sites (N-methyl/N-ethyl adjacent to an activating group) is 1. The van der Waals surface area contributed by atoms with Crippen molar-refractivity contribution in [2.24, 2.45) is 7.05 Å². The van der Waals surface area contributed by atoms with Crippen LogP contribution in [-0.4, -0.2) is 70.4 Å². The monoisotopic (exact) mass is 438 g/mol. The summed E-state index contributed by atoms with van der Waals surface area (Å²) >= 11 is 0. The summed E-state index contributed by atoms with van der Waals surface area (Å²) in [6, 6.07) is 9.79. The Balaban J connectivity index is 1.68. The molecule has 1 aliphatic rings. The molecule has 9 heteroatoms. The number of aryl methyl sites for hydroxylation is 1. The molecule has 1 fully saturated rings. The number of hydrogen-bond acceptors (Lipinski definition) is 8. The first-order valence-corrected chi connectivity index (χ1v) is 10.8. The molecule has 0 aliphatic carbocycles. The number of aromatic nitrogens is 4. The van der Waals surface area contributed by atoms with Crippen molar-refractivity contribution in [2.75, 3.05) is 38.7 Å². The van der Waals surface area contributed by atoms with Gasteiger partial charge in [-0.3, -0.25) is 4.68 Å². The molecule has 0 amide bonds. The predicted molar refractivity (Wildman–Crippen MR) is 123 cm³/mol. The second kappa shape index (κ2) is 10.1. The third-order valence-corrected chi connectivity index (χ3v) is 5.45. The van der Waals surface area contributed by atoms with E-state index in [4.69, 9.17) is 19.4 Å². The van der Waals surface area contributed by atoms with Gasteiger partial charge < -0.3 is 25.2 Å². The van der Waals surface area contributed by atoms with Crippen molar-refractivity contribution >= 4 is 5.82 Å². The Hall–Kier alpha value is -3.01. The summed E-state index contributed by atoms with van der Waals surface area (Å²) in [5.41, 5.74) is 3.54. The Morgan fingerprint density at radius 3 is 2.91 bits per heavy atom. The summed E-state index contributed by atoms with van der Waals surface area (Å²) in [5, 5.41) is 20.7. The van der Waals surface area contributed by atoms with Crippen molar-refractivity contribution in [1.29, 1.82) is 0 Å². The molecule has 3 heterocycles. The zero-order valence-electron chi connectivity index (χ0n) is 18.7. The number of rotatable bonds is 9. The fourth-order valence-electron chi connectivity index (χ4n) is 3.70. The van der Waals surface area contributed by atoms with Gasteiger partial charge in [-0.25, -0.2) is 9.97 Å². The lowest BCUT2D eigenvalue weighted by molar-refractivity contribution is 0.108. The van der Waals surface area contributed by atoms with Crippen LogP contribution in [0.2, 0.25) is 0 Å². The number of anilines is 1. The minimum absolute atomic E-state index is 0.202. The summed E-state index contributed by atoms with van der Waals surface area (Å²) in [5.74, 6) is 2.04. The molecule has 1 unspecified atom stereocenters. The largest absolute Gasteiger partial charge is 0.491 e. The summed E-state index contributed by atoms with van der Waals surface area (Å²) in [4.78, 5) is 9.74. The maximum Gasteiger partial charge on any atom is 0.162 e. The lowest BCUT2D eigenvalue weighted by Gasteiger charge is -2.18. The summed E-state index contributed by atoms with van der Waals surface area (Å²) in [6.45, 7) is 4.11. The van der Waals surface area contributed by atoms with Gasteiger partial charge >= 0.3 is 0 Å². The molecule has 9 nitrogen and oxygen atoms in total. The molecule has 1 aromatic carbocycles. The van der Waals surface area contributed by atoms with Crippen molar-refractivity contribution < 1.29 is 14.6 Å². The van der Waals surface area contributed by atoms with Crippen molar-refractivity contribution in [3.63, 3.8) is 0 Å². The van der Waals surface area contributed by atoms with Gasteiger partial charge in [0.25, 0.3) is 0 Å². The van der Waals surface area contributed by atoms with Crippen LogP contribution in [0.1, 0.15) is 12.0 Å². The van der Waals surface area contributed by atoms with E-state index in [2.05, 4.69) is 15.7 Å². The quantitative estimate of drug-likeness (QED) is 0.466. The van der Waals surface area contributed by atoms with Crippen LogP contribution in [-0.2, 0) is 11.8 Å². The van der Waals surface area contributed by atoms with Gasteiger partial charge in [-0.15, -0.1) is 0 Å². The van der Waals surface area contributed by atoms with Gasteiger partial charge in [0.15, 0.2) is 5.82 Å². The molecule has 0 spiro atoms. The fraction of sp³-hybridized carbons (Fsp3) is 0.435. The average Bonchev–Trinajstić information content (AvgIpc) is 3.46. The highest BCUT2D eigenvalue weighted by Gasteiger charge is 2.21. The maximum atomic E-state index is 9.93. The van der Waals surface area contributed by atoms with Crippen LogP contribution >= 0.6 is 0 Å². The van der Waals surface area contributed by atoms with Crippen LogP contribution in [0.4, 0.5) is 5.82 Å². The Labute approximate surface area is 187 Å². The molecule has 0 bridgehead atoms. The molecule has 2 atom stereocenters. The summed E-state index contributed by atoms with van der Waals surface area (Å²) in [6.07, 6.45) is 2.12. The third kappa shape index (κ3) is 5.07. The normalized spacial score (nSPS) is 16.8. The van der Waals surface area contributed by atoms with E-state index >= 15 is 0 Å². The van der Waals surface area contributed by atoms with E-state index in [0.29, 0.717) is 24.7 Å². The molecule has 0 saturated carbocycles. The SMILES string of the molecule is CNCC(O)COc1cccc(-c2nc(N[C@@H]3CCOC3)c(C)c(-c3ccnn3C)n2)c1. The lowest BCUT2D eigenvalue weighted by Crippen LogP contribution is -2.29. The van der Waals surface area contributed by atoms with Gasteiger partial charge in [-0.1, -0.05) is 12.1 Å². The Bertz CT molecular complexity index is 1050. The van der Waals surface area contributed by atoms with Crippen molar-refractivity contribution in [2.45, 2.75) is 25.5 Å². The highest BCUT2D eigenvalue weighted by Crippen LogP contribution is 2.30. The Morgan fingerprint density at radius 2 is 2.19 bits per heavy atom. The summed E-state index contributed by atoms with van der Waals surface area (Å²) in [7, 11) is 3.70. The standard InChI is InChI=1S/C23H30N6O3/c1-15-21(20-7-9-25-29(20)3)27-23(28-22(15)26-17-8-10-31-13-17)16-5-4-6-19(11-16)32-14-18(30)12-24-2/h4-7,9,11,17-18,24,30H,8,10,12-14H2,1-3H3,(H,26,27,28)/t17-,18?/m1/s1. The Kier molecular flexibility index (Phi) is 6.99. The first-order chi connectivity index (χ1) is 15.5. The minimum atomic E-state index is -0.583. The molecule has 170 valence electrons. The van der Waals surface area contributed by atoms with Crippen LogP contribution in [0.5, 0.6) is 5.75 Å². The third-order valence-electron chi connectivity index (χ3n) is 5.45. The van der Waals surface area contributed by atoms with Crippen LogP contribution in [0.15, 0.2) is 36.5 Å². The average molecular weight is 439 g/mol. The molecule has 0 radical (unpaired) electrons. The molecule has 3 aromatic rings. The molecule has 3 N–H and O–H groups in total. The second-order valence-corrected chi connectivity index (χ2v) is 7.96. The number of nitrogens with one attached hydrogen (secondary N) is 2. The highest BCUT2D eigenvalue weighted by atomic mass is 16.5. The second-order valence-electron chi connectivity index (χ2n) is 7.96. The zero-order valence-corrected chi connectivity index (χ0v) is 18.7. The number of hydrogen-bond donors (Lipinski definition) is 3. The van der Waals surface area contributed by atoms with Crippen molar-refractivity contribution in [1.82, 2.24) is 25.1 Å². The molecular formula is C23H30N6O3. The number of aliphatic hydroxyl groups excluding tert-OH is 1. The van der Waals surface area contributed by atoms with Crippen LogP contribution in [0.25, 0.3) is 22.8 Å². The van der Waals surface area contributed by atoms with Crippen molar-refractivity contribution in [3.05, 3.63) is 42.1 Å². The van der Waals surface area contributed by atoms with Gasteiger partial charge in [0, 0.05) is 37.5 Å².